The molecule has 2 fully saturated rings. The van der Waals surface area contributed by atoms with Crippen molar-refractivity contribution in [1.82, 2.24) is 9.55 Å². The third-order valence-corrected chi connectivity index (χ3v) is 9.99. The number of nitrogens with one attached hydrogen (secondary N) is 1. The normalized spacial score (nSPS) is 27.7. The molecule has 0 spiro atoms. The lowest BCUT2D eigenvalue weighted by molar-refractivity contribution is -0.116. The molecular weight excluding hydrogens is 445 g/mol. The summed E-state index contributed by atoms with van der Waals surface area (Å²) in [7, 11) is 0. The molecule has 0 saturated heterocycles. The molecule has 2 saturated carbocycles. The number of thioether (sulfide) groups is 1. The maximum Gasteiger partial charge on any atom is 0.308 e. The molecule has 3 aromatic rings. The third-order valence-electron chi connectivity index (χ3n) is 7.16. The Morgan fingerprint density at radius 2 is 2.00 bits per heavy atom. The average Bonchev–Trinajstić information content (AvgIpc) is 3.49. The first-order valence-corrected chi connectivity index (χ1v) is 12.6. The van der Waals surface area contributed by atoms with Gasteiger partial charge in [-0.15, -0.1) is 11.8 Å². The van der Waals surface area contributed by atoms with Crippen molar-refractivity contribution in [1.29, 1.82) is 0 Å². The topological polar surface area (TPSA) is 64.0 Å². The molecule has 6 rings (SSSR count). The van der Waals surface area contributed by atoms with Gasteiger partial charge in [0.1, 0.15) is 12.4 Å². The fourth-order valence-corrected chi connectivity index (χ4v) is 9.05. The second kappa shape index (κ2) is 7.85. The van der Waals surface area contributed by atoms with Gasteiger partial charge in [0.15, 0.2) is 0 Å². The molecule has 5 atom stereocenters. The van der Waals surface area contributed by atoms with E-state index in [0.29, 0.717) is 28.7 Å². The summed E-state index contributed by atoms with van der Waals surface area (Å²) in [6, 6.07) is 9.74. The Bertz CT molecular complexity index is 1220. The van der Waals surface area contributed by atoms with Crippen LogP contribution in [0.15, 0.2) is 58.6 Å². The number of hydrogen-bond acceptors (Lipinski definition) is 5. The fraction of sp³-hybridized carbons (Fsp3) is 0.375. The number of pyridine rings is 1. The van der Waals surface area contributed by atoms with Crippen LogP contribution in [0.25, 0.3) is 0 Å². The Labute approximate surface area is 193 Å². The smallest absolute Gasteiger partial charge is 0.308 e. The maximum atomic E-state index is 13.2. The van der Waals surface area contributed by atoms with Gasteiger partial charge in [-0.25, -0.2) is 4.39 Å². The molecule has 1 N–H and O–H groups in total. The van der Waals surface area contributed by atoms with E-state index < -0.39 is 0 Å². The lowest BCUT2D eigenvalue weighted by atomic mass is 9.75. The highest BCUT2D eigenvalue weighted by Gasteiger charge is 2.55. The van der Waals surface area contributed by atoms with E-state index >= 15 is 0 Å². The van der Waals surface area contributed by atoms with Crippen LogP contribution in [0.3, 0.4) is 0 Å². The number of anilines is 1. The number of fused-ring (bicyclic) bond motifs is 6. The van der Waals surface area contributed by atoms with E-state index in [1.165, 1.54) is 60.4 Å². The summed E-state index contributed by atoms with van der Waals surface area (Å²) in [5.74, 6) is 1.42. The van der Waals surface area contributed by atoms with Gasteiger partial charge >= 0.3 is 4.87 Å². The summed E-state index contributed by atoms with van der Waals surface area (Å²) < 4.78 is 14.8. The van der Waals surface area contributed by atoms with E-state index in [2.05, 4.69) is 16.4 Å². The van der Waals surface area contributed by atoms with Crippen molar-refractivity contribution in [3.63, 3.8) is 0 Å². The van der Waals surface area contributed by atoms with Crippen LogP contribution in [-0.4, -0.2) is 20.7 Å². The number of benzene rings is 1. The van der Waals surface area contributed by atoms with E-state index in [4.69, 9.17) is 0 Å². The first-order valence-electron chi connectivity index (χ1n) is 10.9. The van der Waals surface area contributed by atoms with Crippen molar-refractivity contribution in [2.75, 3.05) is 5.32 Å². The predicted octanol–water partition coefficient (Wildman–Crippen LogP) is 4.73. The molecule has 5 nitrogen and oxygen atoms in total. The van der Waals surface area contributed by atoms with Crippen molar-refractivity contribution in [3.05, 3.63) is 74.7 Å². The van der Waals surface area contributed by atoms with Crippen LogP contribution in [-0.2, 0) is 11.3 Å². The summed E-state index contributed by atoms with van der Waals surface area (Å²) in [4.78, 5) is 31.1. The highest BCUT2D eigenvalue weighted by Crippen LogP contribution is 2.63. The van der Waals surface area contributed by atoms with Crippen LogP contribution in [0, 0.1) is 23.6 Å². The lowest BCUT2D eigenvalue weighted by Crippen LogP contribution is -2.34. The first-order chi connectivity index (χ1) is 15.6. The summed E-state index contributed by atoms with van der Waals surface area (Å²) in [6.45, 7) is -0.0414. The van der Waals surface area contributed by atoms with E-state index in [9.17, 15) is 14.0 Å². The summed E-state index contributed by atoms with van der Waals surface area (Å²) >= 11 is 3.09. The van der Waals surface area contributed by atoms with Gasteiger partial charge in [0.2, 0.25) is 5.91 Å². The molecule has 1 aliphatic heterocycles. The second-order valence-corrected chi connectivity index (χ2v) is 11.1. The van der Waals surface area contributed by atoms with Gasteiger partial charge in [0, 0.05) is 34.1 Å². The highest BCUT2D eigenvalue weighted by atomic mass is 32.2. The van der Waals surface area contributed by atoms with Gasteiger partial charge in [0.05, 0.1) is 5.03 Å². The zero-order valence-electron chi connectivity index (χ0n) is 17.2. The zero-order chi connectivity index (χ0) is 21.8. The molecular formula is C24H22FN3O2S2. The number of carbonyl (C=O) groups excluding carboxylic acids is 1. The van der Waals surface area contributed by atoms with Crippen LogP contribution in [0.5, 0.6) is 0 Å². The highest BCUT2D eigenvalue weighted by molar-refractivity contribution is 8.00. The molecule has 1 amide bonds. The third kappa shape index (κ3) is 3.31. The number of halogens is 1. The molecule has 2 aliphatic carbocycles. The number of thiazole rings is 1. The summed E-state index contributed by atoms with van der Waals surface area (Å²) in [5, 5.41) is 4.20. The molecule has 164 valence electrons. The Morgan fingerprint density at radius 1 is 1.19 bits per heavy atom. The average molecular weight is 468 g/mol. The van der Waals surface area contributed by atoms with Crippen LogP contribution in [0.4, 0.5) is 10.1 Å². The van der Waals surface area contributed by atoms with Gasteiger partial charge in [0.25, 0.3) is 0 Å². The molecule has 2 aromatic heterocycles. The van der Waals surface area contributed by atoms with Gasteiger partial charge in [-0.2, -0.15) is 0 Å². The van der Waals surface area contributed by atoms with E-state index in [1.54, 1.807) is 10.8 Å². The maximum absolute atomic E-state index is 13.2. The molecule has 5 unspecified atom stereocenters. The van der Waals surface area contributed by atoms with Gasteiger partial charge in [-0.05, 0) is 72.9 Å². The Hall–Kier alpha value is -2.45. The van der Waals surface area contributed by atoms with Crippen LogP contribution in [0.1, 0.15) is 35.6 Å². The molecule has 8 heteroatoms. The summed E-state index contributed by atoms with van der Waals surface area (Å²) in [5.41, 5.74) is 1.68. The molecule has 32 heavy (non-hydrogen) atoms. The second-order valence-electron chi connectivity index (χ2n) is 8.94. The number of rotatable bonds is 4. The Kier molecular flexibility index (Phi) is 4.95. The molecule has 2 bridgehead atoms. The molecule has 1 aromatic carbocycles. The largest absolute Gasteiger partial charge is 0.325 e. The molecule has 3 aliphatic rings. The van der Waals surface area contributed by atoms with E-state index in [1.807, 2.05) is 24.0 Å². The van der Waals surface area contributed by atoms with Crippen molar-refractivity contribution >= 4 is 34.7 Å². The fourth-order valence-electron chi connectivity index (χ4n) is 5.90. The number of nitrogens with zero attached hydrogens (tertiary/aromatic N) is 2. The Balaban J connectivity index is 1.35. The molecule has 3 heterocycles. The monoisotopic (exact) mass is 467 g/mol. The van der Waals surface area contributed by atoms with Gasteiger partial charge in [-0.3, -0.25) is 19.1 Å². The minimum Gasteiger partial charge on any atom is -0.325 e. The SMILES string of the molecule is O=C(Cn1c2c(sc1=O)C(c1cccnc1)C1C3CCC(C3)C1S2)Nc1ccc(F)cc1. The van der Waals surface area contributed by atoms with Crippen LogP contribution in [0.2, 0.25) is 0 Å². The zero-order valence-corrected chi connectivity index (χ0v) is 18.9. The van der Waals surface area contributed by atoms with E-state index in [-0.39, 0.29) is 29.1 Å². The minimum atomic E-state index is -0.357. The predicted molar refractivity (Wildman–Crippen MR) is 124 cm³/mol. The van der Waals surface area contributed by atoms with Gasteiger partial charge < -0.3 is 5.32 Å². The number of hydrogen-bond donors (Lipinski definition) is 1. The first kappa shape index (κ1) is 20.2. The van der Waals surface area contributed by atoms with Crippen LogP contribution < -0.4 is 10.2 Å². The minimum absolute atomic E-state index is 0.0414. The van der Waals surface area contributed by atoms with Crippen LogP contribution >= 0.6 is 23.1 Å². The van der Waals surface area contributed by atoms with Crippen molar-refractivity contribution in [2.24, 2.45) is 17.8 Å². The number of amides is 1. The molecule has 0 radical (unpaired) electrons. The lowest BCUT2D eigenvalue weighted by Gasteiger charge is -2.40. The van der Waals surface area contributed by atoms with Gasteiger partial charge in [-0.1, -0.05) is 17.4 Å². The summed E-state index contributed by atoms with van der Waals surface area (Å²) in [6.07, 6.45) is 7.52. The Morgan fingerprint density at radius 3 is 2.78 bits per heavy atom. The van der Waals surface area contributed by atoms with Crippen molar-refractivity contribution in [3.8, 4) is 0 Å². The van der Waals surface area contributed by atoms with Crippen molar-refractivity contribution < 1.29 is 9.18 Å². The number of carbonyl (C=O) groups is 1. The standard InChI is InChI=1S/C24H22FN3O2S2/c25-16-5-7-17(8-6-16)27-18(29)12-28-23-22(32-24(28)30)20(15-2-1-9-26-11-15)19-13-3-4-14(10-13)21(19)31-23/h1-2,5-9,11,13-14,19-21H,3-4,10,12H2,(H,27,29). The number of aromatic nitrogens is 2. The quantitative estimate of drug-likeness (QED) is 0.602. The van der Waals surface area contributed by atoms with E-state index in [0.717, 1.165) is 9.90 Å². The van der Waals surface area contributed by atoms with Crippen molar-refractivity contribution in [2.45, 2.75) is 42.0 Å².